The average molecular weight is 260 g/mol. The lowest BCUT2D eigenvalue weighted by atomic mass is 10.1. The van der Waals surface area contributed by atoms with Crippen molar-refractivity contribution in [2.75, 3.05) is 6.61 Å². The Hall–Kier alpha value is -1.34. The van der Waals surface area contributed by atoms with Crippen molar-refractivity contribution >= 4 is 0 Å². The summed E-state index contributed by atoms with van der Waals surface area (Å²) in [7, 11) is 0. The van der Waals surface area contributed by atoms with E-state index in [2.05, 4.69) is 5.92 Å². The molecule has 102 valence electrons. The fourth-order valence-corrected chi connectivity index (χ4v) is 2.09. The van der Waals surface area contributed by atoms with E-state index in [1.165, 1.54) is 0 Å². The average Bonchev–Trinajstić information content (AvgIpc) is 2.76. The summed E-state index contributed by atoms with van der Waals surface area (Å²) in [6.07, 6.45) is 5.70. The van der Waals surface area contributed by atoms with E-state index in [1.54, 1.807) is 0 Å². The molecule has 1 fully saturated rings. The van der Waals surface area contributed by atoms with E-state index in [0.29, 0.717) is 19.6 Å². The van der Waals surface area contributed by atoms with E-state index in [0.717, 1.165) is 5.56 Å². The molecule has 0 spiro atoms. The molecular weight excluding hydrogens is 240 g/mol. The minimum absolute atomic E-state index is 0.102. The Morgan fingerprint density at radius 2 is 2.16 bits per heavy atom. The van der Waals surface area contributed by atoms with Gasteiger partial charge >= 0.3 is 0 Å². The normalized spacial score (nSPS) is 22.9. The molecule has 1 aromatic rings. The lowest BCUT2D eigenvalue weighted by molar-refractivity contribution is -0.157. The first-order valence-electron chi connectivity index (χ1n) is 6.51. The maximum atomic E-state index is 5.90. The number of rotatable bonds is 5. The third kappa shape index (κ3) is 4.07. The highest BCUT2D eigenvalue weighted by molar-refractivity contribution is 5.13. The van der Waals surface area contributed by atoms with Gasteiger partial charge in [0, 0.05) is 6.42 Å². The predicted molar refractivity (Wildman–Crippen MR) is 73.4 cm³/mol. The first kappa shape index (κ1) is 14.1. The van der Waals surface area contributed by atoms with Crippen molar-refractivity contribution in [2.45, 2.75) is 44.9 Å². The van der Waals surface area contributed by atoms with Gasteiger partial charge in [0.05, 0.1) is 19.3 Å². The second kappa shape index (κ2) is 6.21. The highest BCUT2D eigenvalue weighted by atomic mass is 16.7. The van der Waals surface area contributed by atoms with Crippen LogP contribution in [0.5, 0.6) is 0 Å². The molecule has 0 aliphatic carbocycles. The van der Waals surface area contributed by atoms with Gasteiger partial charge in [-0.3, -0.25) is 0 Å². The van der Waals surface area contributed by atoms with Crippen LogP contribution in [0.4, 0.5) is 0 Å². The summed E-state index contributed by atoms with van der Waals surface area (Å²) >= 11 is 0. The molecule has 0 unspecified atom stereocenters. The number of hydrogen-bond acceptors (Lipinski definition) is 3. The zero-order valence-electron chi connectivity index (χ0n) is 11.5. The van der Waals surface area contributed by atoms with Gasteiger partial charge < -0.3 is 14.2 Å². The molecule has 1 aliphatic rings. The quantitative estimate of drug-likeness (QED) is 0.762. The Balaban J connectivity index is 1.92. The molecule has 1 aromatic carbocycles. The van der Waals surface area contributed by atoms with E-state index in [1.807, 2.05) is 44.2 Å². The molecule has 0 aromatic heterocycles. The molecule has 0 bridgehead atoms. The molecule has 3 nitrogen and oxygen atoms in total. The third-order valence-electron chi connectivity index (χ3n) is 3.07. The van der Waals surface area contributed by atoms with Crippen LogP contribution in [0, 0.1) is 12.3 Å². The standard InChI is InChI=1S/C16H20O3/c1-4-8-14(15-12-18-16(2,3)19-15)17-11-13-9-6-5-7-10-13/h1,5-7,9-10,14-15H,8,11-12H2,2-3H3/t14-,15+/m0/s1. The summed E-state index contributed by atoms with van der Waals surface area (Å²) in [5.74, 6) is 2.10. The summed E-state index contributed by atoms with van der Waals surface area (Å²) in [4.78, 5) is 0. The number of ether oxygens (including phenoxy) is 3. The first-order valence-corrected chi connectivity index (χ1v) is 6.51. The fraction of sp³-hybridized carbons (Fsp3) is 0.500. The molecule has 2 atom stereocenters. The van der Waals surface area contributed by atoms with Crippen LogP contribution in [0.3, 0.4) is 0 Å². The molecule has 0 radical (unpaired) electrons. The molecule has 0 saturated carbocycles. The second-order valence-corrected chi connectivity index (χ2v) is 5.11. The Bertz CT molecular complexity index is 433. The molecule has 0 N–H and O–H groups in total. The summed E-state index contributed by atoms with van der Waals surface area (Å²) < 4.78 is 17.3. The van der Waals surface area contributed by atoms with Crippen LogP contribution in [0.1, 0.15) is 25.8 Å². The molecule has 1 heterocycles. The Labute approximate surface area is 114 Å². The monoisotopic (exact) mass is 260 g/mol. The number of terminal acetylenes is 1. The van der Waals surface area contributed by atoms with Crippen molar-refractivity contribution in [1.29, 1.82) is 0 Å². The van der Waals surface area contributed by atoms with Crippen molar-refractivity contribution < 1.29 is 14.2 Å². The topological polar surface area (TPSA) is 27.7 Å². The maximum Gasteiger partial charge on any atom is 0.163 e. The van der Waals surface area contributed by atoms with Gasteiger partial charge in [0.2, 0.25) is 0 Å². The van der Waals surface area contributed by atoms with Gasteiger partial charge in [0.1, 0.15) is 6.10 Å². The zero-order valence-corrected chi connectivity index (χ0v) is 11.5. The zero-order chi connectivity index (χ0) is 13.7. The first-order chi connectivity index (χ1) is 9.11. The van der Waals surface area contributed by atoms with Crippen molar-refractivity contribution in [3.63, 3.8) is 0 Å². The molecule has 3 heteroatoms. The third-order valence-corrected chi connectivity index (χ3v) is 3.07. The van der Waals surface area contributed by atoms with Gasteiger partial charge in [-0.15, -0.1) is 12.3 Å². The molecule has 19 heavy (non-hydrogen) atoms. The molecular formula is C16H20O3. The van der Waals surface area contributed by atoms with Gasteiger partial charge in [-0.1, -0.05) is 30.3 Å². The molecule has 1 saturated heterocycles. The fourth-order valence-electron chi connectivity index (χ4n) is 2.09. The largest absolute Gasteiger partial charge is 0.370 e. The van der Waals surface area contributed by atoms with E-state index in [9.17, 15) is 0 Å². The van der Waals surface area contributed by atoms with Gasteiger partial charge in [-0.25, -0.2) is 0 Å². The summed E-state index contributed by atoms with van der Waals surface area (Å²) in [5.41, 5.74) is 1.13. The Kier molecular flexibility index (Phi) is 4.60. The lowest BCUT2D eigenvalue weighted by Crippen LogP contribution is -2.32. The van der Waals surface area contributed by atoms with Crippen LogP contribution in [-0.4, -0.2) is 24.6 Å². The summed E-state index contributed by atoms with van der Waals surface area (Å²) in [6, 6.07) is 10.0. The van der Waals surface area contributed by atoms with Crippen LogP contribution in [0.2, 0.25) is 0 Å². The minimum Gasteiger partial charge on any atom is -0.370 e. The Morgan fingerprint density at radius 3 is 2.74 bits per heavy atom. The number of hydrogen-bond donors (Lipinski definition) is 0. The molecule has 2 rings (SSSR count). The van der Waals surface area contributed by atoms with Crippen molar-refractivity contribution in [3.8, 4) is 12.3 Å². The highest BCUT2D eigenvalue weighted by Crippen LogP contribution is 2.26. The van der Waals surface area contributed by atoms with Crippen LogP contribution in [-0.2, 0) is 20.8 Å². The van der Waals surface area contributed by atoms with E-state index in [4.69, 9.17) is 20.6 Å². The van der Waals surface area contributed by atoms with Gasteiger partial charge in [-0.05, 0) is 19.4 Å². The van der Waals surface area contributed by atoms with Crippen LogP contribution in [0.15, 0.2) is 30.3 Å². The summed E-state index contributed by atoms with van der Waals surface area (Å²) in [6.45, 7) is 4.86. The number of benzene rings is 1. The highest BCUT2D eigenvalue weighted by Gasteiger charge is 2.37. The van der Waals surface area contributed by atoms with Crippen LogP contribution >= 0.6 is 0 Å². The predicted octanol–water partition coefficient (Wildman–Crippen LogP) is 2.75. The van der Waals surface area contributed by atoms with Crippen molar-refractivity contribution in [3.05, 3.63) is 35.9 Å². The summed E-state index contributed by atoms with van der Waals surface area (Å²) in [5, 5.41) is 0. The van der Waals surface area contributed by atoms with E-state index >= 15 is 0 Å². The van der Waals surface area contributed by atoms with Gasteiger partial charge in [0.25, 0.3) is 0 Å². The SMILES string of the molecule is C#CC[C@H](OCc1ccccc1)[C@H]1COC(C)(C)O1. The smallest absolute Gasteiger partial charge is 0.163 e. The van der Waals surface area contributed by atoms with Crippen LogP contribution < -0.4 is 0 Å². The minimum atomic E-state index is -0.548. The van der Waals surface area contributed by atoms with Gasteiger partial charge in [0.15, 0.2) is 5.79 Å². The molecule has 0 amide bonds. The molecule has 1 aliphatic heterocycles. The maximum absolute atomic E-state index is 5.90. The van der Waals surface area contributed by atoms with E-state index in [-0.39, 0.29) is 12.2 Å². The van der Waals surface area contributed by atoms with Gasteiger partial charge in [-0.2, -0.15) is 0 Å². The second-order valence-electron chi connectivity index (χ2n) is 5.11. The lowest BCUT2D eigenvalue weighted by Gasteiger charge is -2.23. The van der Waals surface area contributed by atoms with Crippen LogP contribution in [0.25, 0.3) is 0 Å². The van der Waals surface area contributed by atoms with Crippen molar-refractivity contribution in [2.24, 2.45) is 0 Å². The van der Waals surface area contributed by atoms with Crippen molar-refractivity contribution in [1.82, 2.24) is 0 Å². The van der Waals surface area contributed by atoms with E-state index < -0.39 is 5.79 Å². The Morgan fingerprint density at radius 1 is 1.42 bits per heavy atom.